The van der Waals surface area contributed by atoms with E-state index in [2.05, 4.69) is 16.2 Å². The first kappa shape index (κ1) is 25.6. The van der Waals surface area contributed by atoms with Gasteiger partial charge in [-0.15, -0.1) is 0 Å². The van der Waals surface area contributed by atoms with Gasteiger partial charge in [-0.3, -0.25) is 25.0 Å². The van der Waals surface area contributed by atoms with E-state index in [4.69, 9.17) is 21.9 Å². The molecule has 194 valence electrons. The lowest BCUT2D eigenvalue weighted by atomic mass is 10.1. The summed E-state index contributed by atoms with van der Waals surface area (Å²) in [6, 6.07) is 30.8. The quantitative estimate of drug-likeness (QED) is 0.206. The molecular weight excluding hydrogens is 510 g/mol. The Kier molecular flexibility index (Phi) is 7.60. The Morgan fingerprint density at radius 3 is 2.28 bits per heavy atom. The fourth-order valence-corrected chi connectivity index (χ4v) is 4.23. The van der Waals surface area contributed by atoms with E-state index in [0.717, 1.165) is 17.0 Å². The molecule has 0 aliphatic heterocycles. The molecule has 0 atom stereocenters. The number of para-hydroxylation sites is 1. The van der Waals surface area contributed by atoms with Gasteiger partial charge in [-0.05, 0) is 79.8 Å². The Morgan fingerprint density at radius 1 is 0.872 bits per heavy atom. The maximum Gasteiger partial charge on any atom is 0.269 e. The summed E-state index contributed by atoms with van der Waals surface area (Å²) < 4.78 is 6.99. The summed E-state index contributed by atoms with van der Waals surface area (Å²) in [7, 11) is 0. The lowest BCUT2D eigenvalue weighted by Gasteiger charge is -2.15. The number of hydrogen-bond acceptors (Lipinski definition) is 5. The van der Waals surface area contributed by atoms with Crippen LogP contribution >= 0.6 is 12.2 Å². The van der Waals surface area contributed by atoms with E-state index in [0.29, 0.717) is 34.6 Å². The monoisotopic (exact) mass is 535 g/mol. The normalized spacial score (nSPS) is 10.6. The van der Waals surface area contributed by atoms with Gasteiger partial charge in [0.1, 0.15) is 11.6 Å². The number of fused-ring (bicyclic) bond motifs is 1. The van der Waals surface area contributed by atoms with Crippen LogP contribution in [0, 0.1) is 0 Å². The van der Waals surface area contributed by atoms with Gasteiger partial charge in [-0.25, -0.2) is 4.98 Å². The van der Waals surface area contributed by atoms with Crippen molar-refractivity contribution in [2.75, 3.05) is 11.9 Å². The van der Waals surface area contributed by atoms with Gasteiger partial charge in [-0.1, -0.05) is 42.5 Å². The summed E-state index contributed by atoms with van der Waals surface area (Å²) in [5.74, 6) is 0.893. The van der Waals surface area contributed by atoms with Crippen LogP contribution < -0.4 is 26.5 Å². The van der Waals surface area contributed by atoms with Crippen LogP contribution in [-0.4, -0.2) is 27.2 Å². The van der Waals surface area contributed by atoms with Gasteiger partial charge in [0.25, 0.3) is 11.5 Å². The van der Waals surface area contributed by atoms with E-state index in [9.17, 15) is 9.59 Å². The zero-order valence-corrected chi connectivity index (χ0v) is 21.9. The number of rotatable bonds is 6. The number of hydrazine groups is 1. The van der Waals surface area contributed by atoms with Crippen molar-refractivity contribution < 1.29 is 9.53 Å². The topological polar surface area (TPSA) is 97.3 Å². The smallest absolute Gasteiger partial charge is 0.269 e. The first-order chi connectivity index (χ1) is 19.0. The van der Waals surface area contributed by atoms with Crippen LogP contribution in [0.25, 0.3) is 28.0 Å². The number of nitrogens with zero attached hydrogens (tertiary/aromatic N) is 2. The fourth-order valence-electron chi connectivity index (χ4n) is 4.06. The first-order valence-corrected chi connectivity index (χ1v) is 12.7. The van der Waals surface area contributed by atoms with E-state index in [1.165, 1.54) is 0 Å². The molecule has 0 saturated carbocycles. The van der Waals surface area contributed by atoms with E-state index in [1.807, 2.05) is 79.7 Å². The van der Waals surface area contributed by atoms with Crippen LogP contribution in [0.4, 0.5) is 5.69 Å². The molecule has 0 spiro atoms. The Balaban J connectivity index is 1.33. The van der Waals surface area contributed by atoms with Crippen LogP contribution in [0.2, 0.25) is 0 Å². The average molecular weight is 536 g/mol. The van der Waals surface area contributed by atoms with Crippen molar-refractivity contribution >= 4 is 39.8 Å². The van der Waals surface area contributed by atoms with Crippen molar-refractivity contribution in [2.45, 2.75) is 6.92 Å². The minimum Gasteiger partial charge on any atom is -0.494 e. The van der Waals surface area contributed by atoms with Crippen LogP contribution in [0.15, 0.2) is 108 Å². The second-order valence-electron chi connectivity index (χ2n) is 8.50. The van der Waals surface area contributed by atoms with Gasteiger partial charge in [-0.2, -0.15) is 0 Å². The van der Waals surface area contributed by atoms with Crippen molar-refractivity contribution in [3.05, 3.63) is 119 Å². The molecule has 1 amide bonds. The molecule has 39 heavy (non-hydrogen) atoms. The predicted molar refractivity (Wildman–Crippen MR) is 157 cm³/mol. The first-order valence-electron chi connectivity index (χ1n) is 12.3. The zero-order chi connectivity index (χ0) is 27.2. The third-order valence-electron chi connectivity index (χ3n) is 5.91. The highest BCUT2D eigenvalue weighted by Crippen LogP contribution is 2.22. The summed E-state index contributed by atoms with van der Waals surface area (Å²) in [6.45, 7) is 2.51. The maximum atomic E-state index is 13.5. The molecule has 0 fully saturated rings. The number of benzene rings is 4. The van der Waals surface area contributed by atoms with Gasteiger partial charge in [0.15, 0.2) is 5.11 Å². The summed E-state index contributed by atoms with van der Waals surface area (Å²) in [4.78, 5) is 31.0. The van der Waals surface area contributed by atoms with E-state index in [-0.39, 0.29) is 16.6 Å². The molecule has 1 aromatic heterocycles. The van der Waals surface area contributed by atoms with Crippen molar-refractivity contribution in [3.63, 3.8) is 0 Å². The number of thiocarbonyl (C=S) groups is 1. The minimum atomic E-state index is -0.385. The second-order valence-corrected chi connectivity index (χ2v) is 8.90. The fraction of sp³-hybridized carbons (Fsp3) is 0.0667. The molecule has 5 aromatic rings. The molecule has 0 aliphatic rings. The lowest BCUT2D eigenvalue weighted by Crippen LogP contribution is -2.43. The highest BCUT2D eigenvalue weighted by molar-refractivity contribution is 7.80. The average Bonchev–Trinajstić information content (AvgIpc) is 2.97. The van der Waals surface area contributed by atoms with Crippen LogP contribution in [-0.2, 0) is 0 Å². The number of hydrogen-bond donors (Lipinski definition) is 3. The van der Waals surface area contributed by atoms with Crippen LogP contribution in [0.1, 0.15) is 17.3 Å². The van der Waals surface area contributed by atoms with Gasteiger partial charge in [0, 0.05) is 16.8 Å². The third-order valence-corrected chi connectivity index (χ3v) is 6.11. The molecule has 0 radical (unpaired) electrons. The molecule has 1 heterocycles. The maximum absolute atomic E-state index is 13.5. The minimum absolute atomic E-state index is 0.191. The Hall–Kier alpha value is -5.02. The van der Waals surface area contributed by atoms with Gasteiger partial charge in [0.2, 0.25) is 0 Å². The number of anilines is 1. The largest absolute Gasteiger partial charge is 0.494 e. The number of carbonyl (C=O) groups excluding carboxylic acids is 1. The van der Waals surface area contributed by atoms with Crippen molar-refractivity contribution in [1.82, 2.24) is 20.4 Å². The van der Waals surface area contributed by atoms with E-state index < -0.39 is 0 Å². The Bertz CT molecular complexity index is 1690. The number of amides is 1. The molecule has 9 heteroatoms. The Morgan fingerprint density at radius 2 is 1.56 bits per heavy atom. The van der Waals surface area contributed by atoms with E-state index in [1.54, 1.807) is 34.9 Å². The van der Waals surface area contributed by atoms with Gasteiger partial charge in [0.05, 0.1) is 23.2 Å². The predicted octanol–water partition coefficient (Wildman–Crippen LogP) is 5.08. The highest BCUT2D eigenvalue weighted by atomic mass is 32.1. The molecule has 0 bridgehead atoms. The summed E-state index contributed by atoms with van der Waals surface area (Å²) in [5.41, 5.74) is 8.25. The molecule has 3 N–H and O–H groups in total. The van der Waals surface area contributed by atoms with Gasteiger partial charge < -0.3 is 10.1 Å². The molecule has 5 rings (SSSR count). The number of aromatic nitrogens is 2. The SMILES string of the molecule is CCOc1ccc(NC(=S)NNC(=O)c2ccc(-n3c(-c4ccccc4)nc4ccccc4c3=O)cc2)cc1. The van der Waals surface area contributed by atoms with Crippen molar-refractivity contribution in [2.24, 2.45) is 0 Å². The van der Waals surface area contributed by atoms with Crippen LogP contribution in [0.5, 0.6) is 5.75 Å². The molecule has 8 nitrogen and oxygen atoms in total. The van der Waals surface area contributed by atoms with E-state index >= 15 is 0 Å². The summed E-state index contributed by atoms with van der Waals surface area (Å²) in [6.07, 6.45) is 0. The third kappa shape index (κ3) is 5.78. The second kappa shape index (κ2) is 11.6. The summed E-state index contributed by atoms with van der Waals surface area (Å²) >= 11 is 5.27. The van der Waals surface area contributed by atoms with Crippen molar-refractivity contribution in [1.29, 1.82) is 0 Å². The number of ether oxygens (including phenoxy) is 1. The molecule has 0 unspecified atom stereocenters. The van der Waals surface area contributed by atoms with Crippen molar-refractivity contribution in [3.8, 4) is 22.8 Å². The summed E-state index contributed by atoms with van der Waals surface area (Å²) in [5, 5.41) is 3.73. The Labute approximate surface area is 230 Å². The van der Waals surface area contributed by atoms with Crippen LogP contribution in [0.3, 0.4) is 0 Å². The zero-order valence-electron chi connectivity index (χ0n) is 21.0. The standard InChI is InChI=1S/C30H25N5O3S/c1-2-38-24-18-14-22(15-19-24)31-30(39)34-33-28(36)21-12-16-23(17-13-21)35-27(20-8-4-3-5-9-20)32-26-11-7-6-10-25(26)29(35)37/h3-19H,2H2,1H3,(H,33,36)(H2,31,34,39). The highest BCUT2D eigenvalue weighted by Gasteiger charge is 2.15. The molecule has 4 aromatic carbocycles. The number of carbonyl (C=O) groups is 1. The molecule has 0 saturated heterocycles. The van der Waals surface area contributed by atoms with Gasteiger partial charge >= 0.3 is 0 Å². The lowest BCUT2D eigenvalue weighted by molar-refractivity contribution is 0.0944. The molecular formula is C30H25N5O3S. The molecule has 0 aliphatic carbocycles. The number of nitrogens with one attached hydrogen (secondary N) is 3.